The molecule has 7 heavy (non-hydrogen) atoms. The Bertz CT molecular complexity index is 98.0. The van der Waals surface area contributed by atoms with E-state index in [1.54, 1.807) is 0 Å². The predicted octanol–water partition coefficient (Wildman–Crippen LogP) is 1.69. The first-order chi connectivity index (χ1) is 2.89. The summed E-state index contributed by atoms with van der Waals surface area (Å²) in [6, 6.07) is 0. The summed E-state index contributed by atoms with van der Waals surface area (Å²) in [7, 11) is 0. The van der Waals surface area contributed by atoms with Crippen LogP contribution in [-0.2, 0) is 19.5 Å². The van der Waals surface area contributed by atoms with Crippen molar-refractivity contribution in [1.29, 1.82) is 0 Å². The maximum atomic E-state index is 3.12. The van der Waals surface area contributed by atoms with E-state index in [2.05, 4.69) is 25.2 Å². The quantitative estimate of drug-likeness (QED) is 0.393. The Labute approximate surface area is 57.1 Å². The first-order valence-corrected chi connectivity index (χ1v) is 2.13. The molecule has 0 bridgehead atoms. The molecule has 0 atom stereocenters. The van der Waals surface area contributed by atoms with E-state index in [-0.39, 0.29) is 19.5 Å². The fraction of sp³-hybridized carbons (Fsp3) is 0.333. The van der Waals surface area contributed by atoms with Crippen LogP contribution in [0, 0.1) is 6.08 Å². The van der Waals surface area contributed by atoms with Gasteiger partial charge in [0.05, 0.1) is 0 Å². The SMILES string of the molecule is CC1=[C-]CC=C1.[Ru+]. The normalized spacial score (nSPS) is 15.9. The third kappa shape index (κ3) is 2.04. The van der Waals surface area contributed by atoms with Crippen molar-refractivity contribution in [3.8, 4) is 0 Å². The average molecular weight is 180 g/mol. The van der Waals surface area contributed by atoms with Gasteiger partial charge in [0.15, 0.2) is 0 Å². The maximum Gasteiger partial charge on any atom is 1.00 e. The predicted molar refractivity (Wildman–Crippen MR) is 26.2 cm³/mol. The van der Waals surface area contributed by atoms with Gasteiger partial charge >= 0.3 is 19.5 Å². The molecule has 1 heteroatoms. The summed E-state index contributed by atoms with van der Waals surface area (Å²) in [6.45, 7) is 2.06. The molecule has 0 heterocycles. The van der Waals surface area contributed by atoms with E-state index in [4.69, 9.17) is 0 Å². The fourth-order valence-corrected chi connectivity index (χ4v) is 0.515. The molecule has 1 aliphatic carbocycles. The van der Waals surface area contributed by atoms with Crippen LogP contribution in [0.1, 0.15) is 13.3 Å². The van der Waals surface area contributed by atoms with Crippen LogP contribution in [0.2, 0.25) is 0 Å². The zero-order valence-corrected chi connectivity index (χ0v) is 5.95. The first-order valence-electron chi connectivity index (χ1n) is 2.13. The van der Waals surface area contributed by atoms with Crippen LogP contribution in [-0.4, -0.2) is 0 Å². The van der Waals surface area contributed by atoms with Crippen molar-refractivity contribution < 1.29 is 19.5 Å². The minimum absolute atomic E-state index is 0. The molecule has 0 fully saturated rings. The standard InChI is InChI=1S/C6H7.Ru/c1-6-4-2-3-5-6;/h2,4H,3H2,1H3;/q-1;+1. The van der Waals surface area contributed by atoms with E-state index in [9.17, 15) is 0 Å². The summed E-state index contributed by atoms with van der Waals surface area (Å²) in [5.74, 6) is 0. The molecule has 39 valence electrons. The third-order valence-corrected chi connectivity index (χ3v) is 0.867. The van der Waals surface area contributed by atoms with E-state index >= 15 is 0 Å². The van der Waals surface area contributed by atoms with Gasteiger partial charge in [0.2, 0.25) is 0 Å². The second kappa shape index (κ2) is 3.15. The molecule has 0 aromatic rings. The number of hydrogen-bond donors (Lipinski definition) is 0. The summed E-state index contributed by atoms with van der Waals surface area (Å²) in [5, 5.41) is 0. The molecule has 1 aliphatic rings. The van der Waals surface area contributed by atoms with Gasteiger partial charge in [0.1, 0.15) is 0 Å². The smallest absolute Gasteiger partial charge is 0.270 e. The number of rotatable bonds is 0. The molecule has 0 aromatic carbocycles. The molecular weight excluding hydrogens is 173 g/mol. The summed E-state index contributed by atoms with van der Waals surface area (Å²) in [5.41, 5.74) is 1.27. The Hall–Kier alpha value is 0.103. The second-order valence-electron chi connectivity index (χ2n) is 1.47. The Morgan fingerprint density at radius 3 is 2.57 bits per heavy atom. The first kappa shape index (κ1) is 7.10. The van der Waals surface area contributed by atoms with Crippen LogP contribution >= 0.6 is 0 Å². The fourth-order valence-electron chi connectivity index (χ4n) is 0.515. The van der Waals surface area contributed by atoms with Gasteiger partial charge in [0, 0.05) is 0 Å². The van der Waals surface area contributed by atoms with Crippen LogP contribution < -0.4 is 0 Å². The zero-order chi connectivity index (χ0) is 4.41. The molecule has 0 aromatic heterocycles. The molecule has 0 spiro atoms. The number of hydrogen-bond acceptors (Lipinski definition) is 0. The second-order valence-corrected chi connectivity index (χ2v) is 1.47. The average Bonchev–Trinajstić information content (AvgIpc) is 1.86. The van der Waals surface area contributed by atoms with E-state index in [0.717, 1.165) is 6.42 Å². The van der Waals surface area contributed by atoms with Crippen molar-refractivity contribution in [3.05, 3.63) is 23.8 Å². The van der Waals surface area contributed by atoms with Crippen molar-refractivity contribution in [2.75, 3.05) is 0 Å². The molecule has 0 saturated carbocycles. The van der Waals surface area contributed by atoms with Crippen molar-refractivity contribution in [1.82, 2.24) is 0 Å². The zero-order valence-electron chi connectivity index (χ0n) is 4.22. The molecule has 0 aliphatic heterocycles. The van der Waals surface area contributed by atoms with Crippen LogP contribution in [0.15, 0.2) is 17.7 Å². The van der Waals surface area contributed by atoms with E-state index < -0.39 is 0 Å². The van der Waals surface area contributed by atoms with E-state index in [1.807, 2.05) is 0 Å². The molecule has 0 unspecified atom stereocenters. The Morgan fingerprint density at radius 2 is 2.43 bits per heavy atom. The van der Waals surface area contributed by atoms with Gasteiger partial charge in [-0.2, -0.15) is 6.08 Å². The van der Waals surface area contributed by atoms with Crippen LogP contribution in [0.3, 0.4) is 0 Å². The molecule has 1 rings (SSSR count). The van der Waals surface area contributed by atoms with Gasteiger partial charge in [-0.05, 0) is 0 Å². The number of allylic oxidation sites excluding steroid dienone is 4. The summed E-state index contributed by atoms with van der Waals surface area (Å²) < 4.78 is 0. The van der Waals surface area contributed by atoms with Gasteiger partial charge in [-0.1, -0.05) is 6.92 Å². The van der Waals surface area contributed by atoms with Crippen molar-refractivity contribution in [3.63, 3.8) is 0 Å². The van der Waals surface area contributed by atoms with Crippen molar-refractivity contribution in [2.45, 2.75) is 13.3 Å². The maximum absolute atomic E-state index is 3.12. The molecule has 1 radical (unpaired) electrons. The van der Waals surface area contributed by atoms with E-state index in [1.165, 1.54) is 5.57 Å². The Kier molecular flexibility index (Phi) is 3.20. The van der Waals surface area contributed by atoms with Gasteiger partial charge in [-0.3, -0.25) is 6.08 Å². The molecule has 0 amide bonds. The van der Waals surface area contributed by atoms with Gasteiger partial charge in [-0.25, -0.2) is 11.6 Å². The molecule has 0 nitrogen and oxygen atoms in total. The van der Waals surface area contributed by atoms with Crippen LogP contribution in [0.5, 0.6) is 0 Å². The van der Waals surface area contributed by atoms with Crippen LogP contribution in [0.25, 0.3) is 0 Å². The minimum atomic E-state index is 0. The summed E-state index contributed by atoms with van der Waals surface area (Å²) in [6.07, 6.45) is 8.33. The topological polar surface area (TPSA) is 0 Å². The molecule has 0 saturated heterocycles. The minimum Gasteiger partial charge on any atom is -0.270 e. The van der Waals surface area contributed by atoms with Crippen molar-refractivity contribution >= 4 is 0 Å². The van der Waals surface area contributed by atoms with Crippen LogP contribution in [0.4, 0.5) is 0 Å². The van der Waals surface area contributed by atoms with E-state index in [0.29, 0.717) is 0 Å². The van der Waals surface area contributed by atoms with Crippen molar-refractivity contribution in [2.24, 2.45) is 0 Å². The Morgan fingerprint density at radius 1 is 1.71 bits per heavy atom. The van der Waals surface area contributed by atoms with Gasteiger partial charge in [0.25, 0.3) is 0 Å². The van der Waals surface area contributed by atoms with Gasteiger partial charge < -0.3 is 0 Å². The molecule has 0 N–H and O–H groups in total. The largest absolute Gasteiger partial charge is 1.00 e. The summed E-state index contributed by atoms with van der Waals surface area (Å²) >= 11 is 0. The monoisotopic (exact) mass is 181 g/mol. The third-order valence-electron chi connectivity index (χ3n) is 0.867. The Balaban J connectivity index is 0.000000360. The van der Waals surface area contributed by atoms with Gasteiger partial charge in [-0.15, -0.1) is 6.42 Å². The summed E-state index contributed by atoms with van der Waals surface area (Å²) in [4.78, 5) is 0. The molecular formula is C6H7Ru.